The number of piperidine rings is 1. The first-order chi connectivity index (χ1) is 19.2. The summed E-state index contributed by atoms with van der Waals surface area (Å²) in [5.74, 6) is 7.04. The fourth-order valence-electron chi connectivity index (χ4n) is 4.41. The molecule has 1 aliphatic heterocycles. The number of ether oxygens (including phenoxy) is 4. The van der Waals surface area contributed by atoms with Gasteiger partial charge in [0, 0.05) is 36.4 Å². The second-order valence-corrected chi connectivity index (χ2v) is 9.32. The lowest BCUT2D eigenvalue weighted by molar-refractivity contribution is 0.111. The number of aromatic nitrogens is 2. The number of para-hydroxylation sites is 1. The Bertz CT molecular complexity index is 1440. The number of anilines is 2. The summed E-state index contributed by atoms with van der Waals surface area (Å²) in [6.45, 7) is 2.25. The van der Waals surface area contributed by atoms with E-state index in [1.54, 1.807) is 14.2 Å². The van der Waals surface area contributed by atoms with Gasteiger partial charge >= 0.3 is 0 Å². The Morgan fingerprint density at radius 2 is 1.79 bits per heavy atom. The van der Waals surface area contributed by atoms with Gasteiger partial charge in [-0.1, -0.05) is 18.2 Å². The summed E-state index contributed by atoms with van der Waals surface area (Å²) in [6, 6.07) is 21.6. The van der Waals surface area contributed by atoms with Crippen molar-refractivity contribution < 1.29 is 18.9 Å². The number of methoxy groups -OCH3 is 2. The molecule has 2 heterocycles. The number of hydrogen-bond acceptors (Lipinski definition) is 8. The monoisotopic (exact) mass is 524 g/mol. The minimum Gasteiger partial charge on any atom is -0.493 e. The lowest BCUT2D eigenvalue weighted by atomic mass is 9.74. The Labute approximate surface area is 228 Å². The number of fused-ring (bicyclic) bond motifs is 2. The van der Waals surface area contributed by atoms with Gasteiger partial charge in [0.1, 0.15) is 23.9 Å². The molecule has 2 aliphatic rings. The van der Waals surface area contributed by atoms with E-state index in [1.165, 1.54) is 19.4 Å². The van der Waals surface area contributed by atoms with Crippen LogP contribution in [0.15, 0.2) is 66.7 Å². The zero-order chi connectivity index (χ0) is 27.0. The van der Waals surface area contributed by atoms with Crippen molar-refractivity contribution >= 4 is 22.4 Å². The van der Waals surface area contributed by atoms with Crippen molar-refractivity contribution in [1.82, 2.24) is 15.3 Å². The van der Waals surface area contributed by atoms with Gasteiger partial charge in [-0.25, -0.2) is 9.97 Å². The molecule has 2 fully saturated rings. The van der Waals surface area contributed by atoms with Gasteiger partial charge < -0.3 is 29.6 Å². The lowest BCUT2D eigenvalue weighted by Gasteiger charge is -2.47. The molecule has 1 aliphatic carbocycles. The Kier molecular flexibility index (Phi) is 8.42. The van der Waals surface area contributed by atoms with E-state index in [-0.39, 0.29) is 5.82 Å². The second-order valence-electron chi connectivity index (χ2n) is 9.32. The zero-order valence-electron chi connectivity index (χ0n) is 22.1. The van der Waals surface area contributed by atoms with Crippen LogP contribution in [0.1, 0.15) is 18.7 Å². The molecule has 1 saturated heterocycles. The smallest absolute Gasteiger partial charge is 0.207 e. The molecule has 2 N–H and O–H groups in total. The maximum absolute atomic E-state index is 5.94. The largest absolute Gasteiger partial charge is 0.493 e. The highest BCUT2D eigenvalue weighted by Crippen LogP contribution is 2.36. The first-order valence-corrected chi connectivity index (χ1v) is 13.0. The van der Waals surface area contributed by atoms with Crippen molar-refractivity contribution in [3.63, 3.8) is 0 Å². The highest BCUT2D eigenvalue weighted by molar-refractivity contribution is 5.92. The van der Waals surface area contributed by atoms with Crippen LogP contribution < -0.4 is 24.8 Å². The molecule has 3 aromatic carbocycles. The van der Waals surface area contributed by atoms with Gasteiger partial charge in [0.05, 0.1) is 19.2 Å². The molecule has 200 valence electrons. The average Bonchev–Trinajstić information content (AvgIpc) is 2.96. The number of terminal acetylenes is 1. The predicted octanol–water partition coefficient (Wildman–Crippen LogP) is 5.55. The van der Waals surface area contributed by atoms with E-state index in [9.17, 15) is 0 Å². The van der Waals surface area contributed by atoms with Crippen molar-refractivity contribution in [2.24, 2.45) is 5.92 Å². The maximum atomic E-state index is 5.94. The number of nitrogens with one attached hydrogen (secondary N) is 2. The van der Waals surface area contributed by atoms with Crippen LogP contribution in [-0.2, 0) is 4.74 Å². The van der Waals surface area contributed by atoms with Crippen molar-refractivity contribution in [3.05, 3.63) is 72.6 Å². The third-order valence-electron chi connectivity index (χ3n) is 6.81. The molecule has 1 saturated carbocycles. The highest BCUT2D eigenvalue weighted by atomic mass is 16.5. The fraction of sp³-hybridized carbons (Fsp3) is 0.290. The van der Waals surface area contributed by atoms with E-state index >= 15 is 0 Å². The minimum absolute atomic E-state index is 0.273. The molecule has 6 rings (SSSR count). The molecule has 2 unspecified atom stereocenters. The molecule has 4 aromatic rings. The maximum Gasteiger partial charge on any atom is 0.207 e. The van der Waals surface area contributed by atoms with Gasteiger partial charge in [-0.3, -0.25) is 0 Å². The Morgan fingerprint density at radius 3 is 2.44 bits per heavy atom. The predicted molar refractivity (Wildman–Crippen MR) is 152 cm³/mol. The molecule has 2 atom stereocenters. The summed E-state index contributed by atoms with van der Waals surface area (Å²) in [5.41, 5.74) is 1.43. The molecule has 8 nitrogen and oxygen atoms in total. The fourth-order valence-corrected chi connectivity index (χ4v) is 4.41. The van der Waals surface area contributed by atoms with Gasteiger partial charge in [0.25, 0.3) is 0 Å². The third-order valence-corrected chi connectivity index (χ3v) is 6.81. The molecule has 8 heteroatoms. The van der Waals surface area contributed by atoms with E-state index in [0.29, 0.717) is 41.8 Å². The second kappa shape index (κ2) is 12.5. The SMILES string of the molecule is C#Cc1nc(Nc2ccc(Oc3ccccc3)c(OC)c2)c2ccc(OCCOC)cc2n1.C1CC2NCC12. The van der Waals surface area contributed by atoms with Crippen molar-refractivity contribution in [3.8, 4) is 35.3 Å². The number of nitrogens with zero attached hydrogens (tertiary/aromatic N) is 2. The zero-order valence-corrected chi connectivity index (χ0v) is 22.1. The van der Waals surface area contributed by atoms with Gasteiger partial charge in [0.15, 0.2) is 11.5 Å². The van der Waals surface area contributed by atoms with E-state index in [0.717, 1.165) is 28.8 Å². The summed E-state index contributed by atoms with van der Waals surface area (Å²) in [6.07, 6.45) is 8.54. The molecular weight excluding hydrogens is 492 g/mol. The summed E-state index contributed by atoms with van der Waals surface area (Å²) >= 11 is 0. The van der Waals surface area contributed by atoms with Crippen LogP contribution in [-0.4, -0.2) is 50.0 Å². The van der Waals surface area contributed by atoms with Crippen LogP contribution in [0.3, 0.4) is 0 Å². The molecule has 39 heavy (non-hydrogen) atoms. The first-order valence-electron chi connectivity index (χ1n) is 13.0. The quantitative estimate of drug-likeness (QED) is 0.218. The van der Waals surface area contributed by atoms with Gasteiger partial charge in [-0.15, -0.1) is 6.42 Å². The Balaban J connectivity index is 0.000000445. The number of rotatable bonds is 9. The topological polar surface area (TPSA) is 86.8 Å². The van der Waals surface area contributed by atoms with Crippen LogP contribution in [0.25, 0.3) is 10.9 Å². The summed E-state index contributed by atoms with van der Waals surface area (Å²) in [7, 11) is 3.22. The molecule has 0 spiro atoms. The van der Waals surface area contributed by atoms with Crippen molar-refractivity contribution in [1.29, 1.82) is 0 Å². The molecular formula is C31H32N4O4. The highest BCUT2D eigenvalue weighted by Gasteiger charge is 2.37. The normalized spacial score (nSPS) is 16.8. The van der Waals surface area contributed by atoms with E-state index in [2.05, 4.69) is 26.5 Å². The molecule has 0 bridgehead atoms. The van der Waals surface area contributed by atoms with Crippen LogP contribution in [0, 0.1) is 18.3 Å². The first kappa shape index (κ1) is 26.3. The van der Waals surface area contributed by atoms with Gasteiger partial charge in [-0.2, -0.15) is 0 Å². The van der Waals surface area contributed by atoms with Crippen LogP contribution in [0.2, 0.25) is 0 Å². The van der Waals surface area contributed by atoms with Crippen LogP contribution in [0.4, 0.5) is 11.5 Å². The summed E-state index contributed by atoms with van der Waals surface area (Å²) in [5, 5.41) is 7.46. The minimum atomic E-state index is 0.273. The lowest BCUT2D eigenvalue weighted by Crippen LogP contribution is -2.59. The average molecular weight is 525 g/mol. The van der Waals surface area contributed by atoms with E-state index < -0.39 is 0 Å². The summed E-state index contributed by atoms with van der Waals surface area (Å²) in [4.78, 5) is 8.91. The van der Waals surface area contributed by atoms with Crippen LogP contribution in [0.5, 0.6) is 23.0 Å². The summed E-state index contributed by atoms with van der Waals surface area (Å²) < 4.78 is 22.2. The van der Waals surface area contributed by atoms with Crippen molar-refractivity contribution in [2.45, 2.75) is 18.9 Å². The molecule has 0 amide bonds. The Hall–Kier alpha value is -4.32. The van der Waals surface area contributed by atoms with E-state index in [4.69, 9.17) is 25.4 Å². The standard InChI is InChI=1S/C26H23N3O4.C5H9N/c1-4-25-28-22-17-20(32-15-14-30-2)11-12-21(22)26(29-25)27-18-10-13-23(24(16-18)31-3)33-19-8-6-5-7-9-19;1-2-5-4(1)3-6-5/h1,5-13,16-17H,14-15H2,2-3H3,(H,27,28,29);4-6H,1-3H2. The van der Waals surface area contributed by atoms with Crippen LogP contribution >= 0.6 is 0 Å². The number of hydrogen-bond donors (Lipinski definition) is 2. The molecule has 0 radical (unpaired) electrons. The molecule has 1 aromatic heterocycles. The van der Waals surface area contributed by atoms with Crippen molar-refractivity contribution in [2.75, 3.05) is 39.3 Å². The third kappa shape index (κ3) is 6.40. The van der Waals surface area contributed by atoms with Gasteiger partial charge in [-0.05, 0) is 67.6 Å². The van der Waals surface area contributed by atoms with E-state index in [1.807, 2.05) is 66.7 Å². The number of benzene rings is 3. The van der Waals surface area contributed by atoms with Gasteiger partial charge in [0.2, 0.25) is 5.82 Å². The Morgan fingerprint density at radius 1 is 0.949 bits per heavy atom.